The normalized spacial score (nSPS) is 16.8. The van der Waals surface area contributed by atoms with Gasteiger partial charge >= 0.3 is 5.97 Å². The number of carbonyl (C=O) groups is 2. The topological polar surface area (TPSA) is 77.0 Å². The van der Waals surface area contributed by atoms with Crippen molar-refractivity contribution in [3.05, 3.63) is 35.9 Å². The number of amides is 1. The summed E-state index contributed by atoms with van der Waals surface area (Å²) < 4.78 is 4.85. The molecule has 0 bridgehead atoms. The number of hydrogen-bond acceptors (Lipinski definition) is 5. The number of oxime groups is 1. The van der Waals surface area contributed by atoms with Crippen LogP contribution in [-0.2, 0) is 25.6 Å². The van der Waals surface area contributed by atoms with Crippen LogP contribution in [0.1, 0.15) is 18.9 Å². The van der Waals surface area contributed by atoms with E-state index in [1.54, 1.807) is 6.92 Å². The van der Waals surface area contributed by atoms with Crippen LogP contribution >= 0.6 is 0 Å². The van der Waals surface area contributed by atoms with Crippen LogP contribution in [0.3, 0.4) is 0 Å². The van der Waals surface area contributed by atoms with Crippen molar-refractivity contribution in [3.8, 4) is 0 Å². The molecule has 21 heavy (non-hydrogen) atoms. The van der Waals surface area contributed by atoms with Crippen molar-refractivity contribution in [2.24, 2.45) is 5.16 Å². The third-order valence-electron chi connectivity index (χ3n) is 2.98. The molecule has 1 heterocycles. The molecule has 0 radical (unpaired) electrons. The van der Waals surface area contributed by atoms with Crippen molar-refractivity contribution < 1.29 is 19.2 Å². The Morgan fingerprint density at radius 2 is 2.14 bits per heavy atom. The van der Waals surface area contributed by atoms with E-state index in [9.17, 15) is 9.59 Å². The van der Waals surface area contributed by atoms with Gasteiger partial charge in [-0.3, -0.25) is 4.79 Å². The summed E-state index contributed by atoms with van der Waals surface area (Å²) in [6, 6.07) is 9.48. The van der Waals surface area contributed by atoms with Gasteiger partial charge in [0.1, 0.15) is 0 Å². The number of esters is 1. The number of rotatable bonds is 6. The van der Waals surface area contributed by atoms with Gasteiger partial charge in [-0.2, -0.15) is 0 Å². The Morgan fingerprint density at radius 1 is 1.38 bits per heavy atom. The predicted molar refractivity (Wildman–Crippen MR) is 76.7 cm³/mol. The summed E-state index contributed by atoms with van der Waals surface area (Å²) in [6.45, 7) is 2.32. The lowest BCUT2D eigenvalue weighted by atomic mass is 10.1. The third kappa shape index (κ3) is 4.59. The van der Waals surface area contributed by atoms with Crippen molar-refractivity contribution in [1.82, 2.24) is 5.32 Å². The van der Waals surface area contributed by atoms with Gasteiger partial charge in [0, 0.05) is 6.42 Å². The number of nitrogens with one attached hydrogen (secondary N) is 1. The van der Waals surface area contributed by atoms with E-state index in [-0.39, 0.29) is 12.5 Å². The van der Waals surface area contributed by atoms with E-state index in [2.05, 4.69) is 10.5 Å². The van der Waals surface area contributed by atoms with Crippen molar-refractivity contribution in [1.29, 1.82) is 0 Å². The Bertz CT molecular complexity index is 528. The molecule has 0 fully saturated rings. The third-order valence-corrected chi connectivity index (χ3v) is 2.98. The Morgan fingerprint density at radius 3 is 2.86 bits per heavy atom. The van der Waals surface area contributed by atoms with Gasteiger partial charge in [0.25, 0.3) is 0 Å². The molecule has 1 aliphatic heterocycles. The van der Waals surface area contributed by atoms with Gasteiger partial charge in [-0.05, 0) is 12.5 Å². The molecule has 0 saturated carbocycles. The minimum absolute atomic E-state index is 0.0940. The lowest BCUT2D eigenvalue weighted by molar-refractivity contribution is -0.154. The average molecular weight is 290 g/mol. The Kier molecular flexibility index (Phi) is 5.31. The van der Waals surface area contributed by atoms with Gasteiger partial charge in [0.2, 0.25) is 12.0 Å². The van der Waals surface area contributed by atoms with Gasteiger partial charge in [0.15, 0.2) is 0 Å². The first-order chi connectivity index (χ1) is 10.2. The summed E-state index contributed by atoms with van der Waals surface area (Å²) in [6.07, 6.45) is -0.0215. The maximum atomic E-state index is 11.8. The number of hydrogen-bond donors (Lipinski definition) is 1. The summed E-state index contributed by atoms with van der Waals surface area (Å²) >= 11 is 0. The molecule has 1 N–H and O–H groups in total. The lowest BCUT2D eigenvalue weighted by Gasteiger charge is -2.06. The smallest absolute Gasteiger partial charge is 0.350 e. The second-order valence-electron chi connectivity index (χ2n) is 4.65. The van der Waals surface area contributed by atoms with Crippen molar-refractivity contribution >= 4 is 17.6 Å². The van der Waals surface area contributed by atoms with Crippen LogP contribution < -0.4 is 5.32 Å². The van der Waals surface area contributed by atoms with Gasteiger partial charge in [-0.1, -0.05) is 35.5 Å². The molecule has 2 rings (SSSR count). The monoisotopic (exact) mass is 290 g/mol. The highest BCUT2D eigenvalue weighted by Crippen LogP contribution is 2.11. The largest absolute Gasteiger partial charge is 0.463 e. The standard InChI is InChI=1S/C15H18N2O4/c1-2-20-15(19)13-9-12(17-21-13)10-16-14(18)8-11-6-4-3-5-7-11/h3-7,13H,2,8-10H2,1H3,(H,16,18). The van der Waals surface area contributed by atoms with Crippen LogP contribution in [0.2, 0.25) is 0 Å². The molecule has 0 aliphatic carbocycles. The zero-order valence-electron chi connectivity index (χ0n) is 11.9. The zero-order chi connectivity index (χ0) is 15.1. The van der Waals surface area contributed by atoms with E-state index < -0.39 is 12.1 Å². The number of benzene rings is 1. The first kappa shape index (κ1) is 15.0. The Balaban J connectivity index is 1.72. The van der Waals surface area contributed by atoms with Gasteiger partial charge in [-0.15, -0.1) is 0 Å². The minimum Gasteiger partial charge on any atom is -0.463 e. The molecule has 0 spiro atoms. The molecule has 0 saturated heterocycles. The molecule has 1 unspecified atom stereocenters. The summed E-state index contributed by atoms with van der Waals surface area (Å²) in [5.74, 6) is -0.518. The molecule has 1 atom stereocenters. The summed E-state index contributed by atoms with van der Waals surface area (Å²) in [4.78, 5) is 28.2. The predicted octanol–water partition coefficient (Wildman–Crippen LogP) is 1.05. The lowest BCUT2D eigenvalue weighted by Crippen LogP contribution is -2.31. The van der Waals surface area contributed by atoms with Crippen LogP contribution in [0.5, 0.6) is 0 Å². The Hall–Kier alpha value is -2.37. The fourth-order valence-electron chi connectivity index (χ4n) is 1.94. The highest BCUT2D eigenvalue weighted by molar-refractivity contribution is 5.94. The van der Waals surface area contributed by atoms with E-state index >= 15 is 0 Å². The van der Waals surface area contributed by atoms with Crippen molar-refractivity contribution in [2.45, 2.75) is 25.9 Å². The number of nitrogens with zero attached hydrogens (tertiary/aromatic N) is 1. The highest BCUT2D eigenvalue weighted by Gasteiger charge is 2.29. The quantitative estimate of drug-likeness (QED) is 0.795. The van der Waals surface area contributed by atoms with Gasteiger partial charge < -0.3 is 14.9 Å². The zero-order valence-corrected chi connectivity index (χ0v) is 11.9. The number of ether oxygens (including phenoxy) is 1. The van der Waals surface area contributed by atoms with E-state index in [4.69, 9.17) is 9.57 Å². The Labute approximate surface area is 123 Å². The SMILES string of the molecule is CCOC(=O)C1CC(CNC(=O)Cc2ccccc2)=NO1. The van der Waals surface area contributed by atoms with Crippen LogP contribution in [0, 0.1) is 0 Å². The van der Waals surface area contributed by atoms with E-state index in [0.717, 1.165) is 5.56 Å². The molecule has 0 aromatic heterocycles. The second-order valence-corrected chi connectivity index (χ2v) is 4.65. The van der Waals surface area contributed by atoms with Crippen molar-refractivity contribution in [2.75, 3.05) is 13.2 Å². The molecular weight excluding hydrogens is 272 g/mol. The highest BCUT2D eigenvalue weighted by atomic mass is 16.7. The molecule has 1 aromatic carbocycles. The molecule has 1 aliphatic rings. The average Bonchev–Trinajstić information content (AvgIpc) is 2.95. The fourth-order valence-corrected chi connectivity index (χ4v) is 1.94. The van der Waals surface area contributed by atoms with Crippen LogP contribution in [0.4, 0.5) is 0 Å². The van der Waals surface area contributed by atoms with E-state index in [0.29, 0.717) is 25.2 Å². The molecule has 112 valence electrons. The fraction of sp³-hybridized carbons (Fsp3) is 0.400. The molecule has 1 amide bonds. The van der Waals surface area contributed by atoms with E-state index in [1.165, 1.54) is 0 Å². The van der Waals surface area contributed by atoms with Crippen LogP contribution in [0.15, 0.2) is 35.5 Å². The molecule has 6 nitrogen and oxygen atoms in total. The van der Waals surface area contributed by atoms with Gasteiger partial charge in [0.05, 0.1) is 25.3 Å². The van der Waals surface area contributed by atoms with Crippen LogP contribution in [-0.4, -0.2) is 36.8 Å². The van der Waals surface area contributed by atoms with E-state index in [1.807, 2.05) is 30.3 Å². The maximum Gasteiger partial charge on any atom is 0.350 e. The summed E-state index contributed by atoms with van der Waals surface area (Å²) in [5.41, 5.74) is 1.58. The number of carbonyl (C=O) groups excluding carboxylic acids is 2. The first-order valence-corrected chi connectivity index (χ1v) is 6.88. The molecule has 1 aromatic rings. The summed E-state index contributed by atoms with van der Waals surface area (Å²) in [7, 11) is 0. The summed E-state index contributed by atoms with van der Waals surface area (Å²) in [5, 5.41) is 6.56. The minimum atomic E-state index is -0.689. The van der Waals surface area contributed by atoms with Crippen molar-refractivity contribution in [3.63, 3.8) is 0 Å². The molecular formula is C15H18N2O4. The maximum absolute atomic E-state index is 11.8. The molecule has 6 heteroatoms. The van der Waals surface area contributed by atoms with Crippen LogP contribution in [0.25, 0.3) is 0 Å². The first-order valence-electron chi connectivity index (χ1n) is 6.88. The van der Waals surface area contributed by atoms with Gasteiger partial charge in [-0.25, -0.2) is 4.79 Å². The second kappa shape index (κ2) is 7.42.